The van der Waals surface area contributed by atoms with E-state index in [-0.39, 0.29) is 0 Å². The zero-order valence-corrected chi connectivity index (χ0v) is 22.0. The molecule has 1 aliphatic heterocycles. The fourth-order valence-electron chi connectivity index (χ4n) is 3.09. The van der Waals surface area contributed by atoms with E-state index in [1.54, 1.807) is 0 Å². The first-order valence-electron chi connectivity index (χ1n) is 12.3. The molecule has 0 radical (unpaired) electrons. The van der Waals surface area contributed by atoms with Crippen LogP contribution in [-0.4, -0.2) is 110 Å². The van der Waals surface area contributed by atoms with Gasteiger partial charge in [-0.1, -0.05) is 35.4 Å². The van der Waals surface area contributed by atoms with Crippen LogP contribution in [0.3, 0.4) is 0 Å². The smallest absolute Gasteiger partial charge is 0.0704 e. The number of halogens is 1. The summed E-state index contributed by atoms with van der Waals surface area (Å²) in [6.07, 6.45) is 7.60. The molecule has 1 rings (SSSR count). The van der Waals surface area contributed by atoms with Crippen molar-refractivity contribution in [2.75, 3.05) is 103 Å². The second kappa shape index (κ2) is 26.0. The van der Waals surface area contributed by atoms with Crippen molar-refractivity contribution < 1.29 is 33.2 Å². The van der Waals surface area contributed by atoms with Crippen molar-refractivity contribution in [3.63, 3.8) is 0 Å². The van der Waals surface area contributed by atoms with Crippen molar-refractivity contribution in [2.45, 2.75) is 44.6 Å². The molecule has 0 aromatic rings. The highest BCUT2D eigenvalue weighted by molar-refractivity contribution is 14.1. The molecule has 1 fully saturated rings. The summed E-state index contributed by atoms with van der Waals surface area (Å²) in [6.45, 7) is 10.1. The number of unbranched alkanes of at least 4 members (excludes halogenated alkanes) is 3. The number of piperidine rings is 1. The Labute approximate surface area is 208 Å². The number of alkyl halides is 1. The van der Waals surface area contributed by atoms with E-state index in [4.69, 9.17) is 33.2 Å². The molecule has 0 unspecified atom stereocenters. The molecule has 1 N–H and O–H groups in total. The van der Waals surface area contributed by atoms with Crippen molar-refractivity contribution in [1.82, 2.24) is 5.32 Å². The summed E-state index contributed by atoms with van der Waals surface area (Å²) in [4.78, 5) is 0. The number of ether oxygens (including phenoxy) is 7. The molecule has 0 aliphatic carbocycles. The quantitative estimate of drug-likeness (QED) is 0.101. The molecule has 1 heterocycles. The molecule has 9 heteroatoms. The topological polar surface area (TPSA) is 76.6 Å². The molecule has 0 spiro atoms. The average molecular weight is 576 g/mol. The Bertz CT molecular complexity index is 363. The van der Waals surface area contributed by atoms with Gasteiger partial charge >= 0.3 is 0 Å². The molecular weight excluding hydrogens is 529 g/mol. The summed E-state index contributed by atoms with van der Waals surface area (Å²) in [7, 11) is 0. The molecule has 1 aliphatic rings. The highest BCUT2D eigenvalue weighted by Gasteiger charge is 2.12. The molecule has 0 saturated carbocycles. The van der Waals surface area contributed by atoms with Gasteiger partial charge in [0.05, 0.1) is 85.4 Å². The Kier molecular flexibility index (Phi) is 24.8. The van der Waals surface area contributed by atoms with Gasteiger partial charge in [0.15, 0.2) is 0 Å². The van der Waals surface area contributed by atoms with E-state index in [1.165, 1.54) is 23.7 Å². The number of rotatable bonds is 25. The van der Waals surface area contributed by atoms with Gasteiger partial charge in [0.1, 0.15) is 0 Å². The molecule has 32 heavy (non-hydrogen) atoms. The van der Waals surface area contributed by atoms with Crippen LogP contribution >= 0.6 is 22.6 Å². The van der Waals surface area contributed by atoms with E-state index < -0.39 is 0 Å². The third-order valence-corrected chi connectivity index (χ3v) is 5.66. The van der Waals surface area contributed by atoms with Crippen LogP contribution in [0, 0.1) is 0 Å². The second-order valence-corrected chi connectivity index (χ2v) is 8.68. The van der Waals surface area contributed by atoms with Crippen molar-refractivity contribution in [3.8, 4) is 0 Å². The lowest BCUT2D eigenvalue weighted by atomic mass is 10.1. The predicted molar refractivity (Wildman–Crippen MR) is 134 cm³/mol. The molecule has 0 bridgehead atoms. The summed E-state index contributed by atoms with van der Waals surface area (Å²) < 4.78 is 40.0. The monoisotopic (exact) mass is 575 g/mol. The SMILES string of the molecule is ICCCCCCOCCOCCOCCOCCOCCOCCOC1CCNCC1. The van der Waals surface area contributed by atoms with Gasteiger partial charge in [-0.2, -0.15) is 0 Å². The first-order valence-corrected chi connectivity index (χ1v) is 13.8. The van der Waals surface area contributed by atoms with Crippen LogP contribution in [0.1, 0.15) is 38.5 Å². The van der Waals surface area contributed by atoms with Crippen LogP contribution < -0.4 is 5.32 Å². The van der Waals surface area contributed by atoms with E-state index in [0.29, 0.717) is 85.4 Å². The highest BCUT2D eigenvalue weighted by Crippen LogP contribution is 2.06. The zero-order chi connectivity index (χ0) is 22.8. The molecule has 0 aromatic heterocycles. The van der Waals surface area contributed by atoms with Gasteiger partial charge in [0.2, 0.25) is 0 Å². The van der Waals surface area contributed by atoms with Crippen LogP contribution in [0.25, 0.3) is 0 Å². The Morgan fingerprint density at radius 2 is 0.906 bits per heavy atom. The van der Waals surface area contributed by atoms with Gasteiger partial charge in [-0.25, -0.2) is 0 Å². The second-order valence-electron chi connectivity index (χ2n) is 7.60. The van der Waals surface area contributed by atoms with Gasteiger partial charge in [0, 0.05) is 6.61 Å². The van der Waals surface area contributed by atoms with Gasteiger partial charge in [-0.15, -0.1) is 0 Å². The summed E-state index contributed by atoms with van der Waals surface area (Å²) in [5.41, 5.74) is 0. The van der Waals surface area contributed by atoms with Crippen LogP contribution in [0.4, 0.5) is 0 Å². The Balaban J connectivity index is 1.62. The maximum atomic E-state index is 5.78. The van der Waals surface area contributed by atoms with Crippen molar-refractivity contribution >= 4 is 22.6 Å². The molecular formula is C23H46INO7. The summed E-state index contributed by atoms with van der Waals surface area (Å²) in [6, 6.07) is 0. The average Bonchev–Trinajstić information content (AvgIpc) is 2.82. The van der Waals surface area contributed by atoms with Gasteiger partial charge in [0.25, 0.3) is 0 Å². The van der Waals surface area contributed by atoms with E-state index in [1.807, 2.05) is 0 Å². The molecule has 192 valence electrons. The highest BCUT2D eigenvalue weighted by atomic mass is 127. The fourth-order valence-corrected chi connectivity index (χ4v) is 3.63. The molecule has 8 nitrogen and oxygen atoms in total. The third-order valence-electron chi connectivity index (χ3n) is 4.90. The number of nitrogens with one attached hydrogen (secondary N) is 1. The first-order chi connectivity index (χ1) is 15.9. The van der Waals surface area contributed by atoms with E-state index in [2.05, 4.69) is 27.9 Å². The summed E-state index contributed by atoms with van der Waals surface area (Å²) in [5.74, 6) is 0. The van der Waals surface area contributed by atoms with E-state index >= 15 is 0 Å². The van der Waals surface area contributed by atoms with Gasteiger partial charge < -0.3 is 38.5 Å². The van der Waals surface area contributed by atoms with Crippen LogP contribution in [0.2, 0.25) is 0 Å². The van der Waals surface area contributed by atoms with Crippen molar-refractivity contribution in [1.29, 1.82) is 0 Å². The predicted octanol–water partition coefficient (Wildman–Crippen LogP) is 2.85. The van der Waals surface area contributed by atoms with E-state index in [0.717, 1.165) is 39.0 Å². The van der Waals surface area contributed by atoms with Crippen LogP contribution in [0.5, 0.6) is 0 Å². The van der Waals surface area contributed by atoms with Gasteiger partial charge in [-0.05, 0) is 43.2 Å². The van der Waals surface area contributed by atoms with Crippen LogP contribution in [-0.2, 0) is 33.2 Å². The summed E-state index contributed by atoms with van der Waals surface area (Å²) >= 11 is 2.42. The number of hydrogen-bond acceptors (Lipinski definition) is 8. The standard InChI is InChI=1S/C23H46INO7/c24-7-3-1-2-4-10-26-11-12-27-13-14-28-15-16-29-17-18-30-19-20-31-21-22-32-23-5-8-25-9-6-23/h23,25H,1-22H2. The molecule has 0 aromatic carbocycles. The maximum absolute atomic E-state index is 5.78. The third kappa shape index (κ3) is 22.2. The maximum Gasteiger partial charge on any atom is 0.0704 e. The Hall–Kier alpha value is 0.410. The molecule has 1 saturated heterocycles. The summed E-state index contributed by atoms with van der Waals surface area (Å²) in [5, 5.41) is 3.33. The lowest BCUT2D eigenvalue weighted by Gasteiger charge is -2.22. The van der Waals surface area contributed by atoms with Crippen LogP contribution in [0.15, 0.2) is 0 Å². The minimum absolute atomic E-state index is 0.388. The largest absolute Gasteiger partial charge is 0.379 e. The molecule has 0 amide bonds. The minimum atomic E-state index is 0.388. The van der Waals surface area contributed by atoms with Gasteiger partial charge in [-0.3, -0.25) is 0 Å². The normalized spacial score (nSPS) is 14.9. The minimum Gasteiger partial charge on any atom is -0.379 e. The zero-order valence-electron chi connectivity index (χ0n) is 19.9. The van der Waals surface area contributed by atoms with Crippen molar-refractivity contribution in [2.24, 2.45) is 0 Å². The fraction of sp³-hybridized carbons (Fsp3) is 1.00. The lowest BCUT2D eigenvalue weighted by molar-refractivity contribution is -0.0306. The van der Waals surface area contributed by atoms with E-state index in [9.17, 15) is 0 Å². The Morgan fingerprint density at radius 1 is 0.500 bits per heavy atom. The lowest BCUT2D eigenvalue weighted by Crippen LogP contribution is -2.33. The first kappa shape index (κ1) is 30.4. The Morgan fingerprint density at radius 3 is 1.38 bits per heavy atom. The number of hydrogen-bond donors (Lipinski definition) is 1. The van der Waals surface area contributed by atoms with Crippen molar-refractivity contribution in [3.05, 3.63) is 0 Å². The molecule has 0 atom stereocenters.